The summed E-state index contributed by atoms with van der Waals surface area (Å²) in [6.07, 6.45) is 3.49. The molecule has 0 aromatic carbocycles. The van der Waals surface area contributed by atoms with Crippen molar-refractivity contribution in [3.63, 3.8) is 0 Å². The predicted octanol–water partition coefficient (Wildman–Crippen LogP) is 0.951. The SMILES string of the molecule is C[C@@]12CCC[C@H](O)[C@@H]1[C@H]1OCCO[C@@H]12. The molecule has 0 spiro atoms. The fourth-order valence-electron chi connectivity index (χ4n) is 3.68. The van der Waals surface area contributed by atoms with Gasteiger partial charge in [0, 0.05) is 11.3 Å². The molecule has 80 valence electrons. The van der Waals surface area contributed by atoms with Gasteiger partial charge in [0.05, 0.1) is 31.5 Å². The Labute approximate surface area is 84.4 Å². The van der Waals surface area contributed by atoms with Gasteiger partial charge in [-0.05, 0) is 12.8 Å². The monoisotopic (exact) mass is 198 g/mol. The molecule has 5 atom stereocenters. The number of hydrogen-bond donors (Lipinski definition) is 1. The summed E-state index contributed by atoms with van der Waals surface area (Å²) in [5.41, 5.74) is 0.183. The Bertz CT molecular complexity index is 243. The van der Waals surface area contributed by atoms with E-state index >= 15 is 0 Å². The van der Waals surface area contributed by atoms with Gasteiger partial charge in [0.2, 0.25) is 0 Å². The number of rotatable bonds is 0. The van der Waals surface area contributed by atoms with E-state index < -0.39 is 0 Å². The summed E-state index contributed by atoms with van der Waals surface area (Å²) < 4.78 is 11.5. The maximum absolute atomic E-state index is 9.97. The number of aliphatic hydroxyl groups excluding tert-OH is 1. The lowest BCUT2D eigenvalue weighted by Gasteiger charge is -2.63. The second-order valence-corrected chi connectivity index (χ2v) is 5.12. The molecule has 3 rings (SSSR count). The Morgan fingerprint density at radius 1 is 1.29 bits per heavy atom. The summed E-state index contributed by atoms with van der Waals surface area (Å²) in [6.45, 7) is 3.66. The lowest BCUT2D eigenvalue weighted by atomic mass is 9.50. The molecule has 3 aliphatic rings. The lowest BCUT2D eigenvalue weighted by Crippen LogP contribution is -2.71. The molecule has 1 saturated heterocycles. The molecular formula is C11H18O3. The van der Waals surface area contributed by atoms with Gasteiger partial charge in [0.15, 0.2) is 0 Å². The maximum atomic E-state index is 9.97. The van der Waals surface area contributed by atoms with Crippen LogP contribution in [0.1, 0.15) is 26.2 Å². The van der Waals surface area contributed by atoms with E-state index in [0.29, 0.717) is 12.5 Å². The smallest absolute Gasteiger partial charge is 0.0902 e. The van der Waals surface area contributed by atoms with E-state index in [-0.39, 0.29) is 23.7 Å². The fraction of sp³-hybridized carbons (Fsp3) is 1.00. The highest BCUT2D eigenvalue weighted by Crippen LogP contribution is 2.58. The van der Waals surface area contributed by atoms with E-state index in [1.807, 2.05) is 0 Å². The van der Waals surface area contributed by atoms with Crippen LogP contribution in [0.3, 0.4) is 0 Å². The first-order valence-electron chi connectivity index (χ1n) is 5.65. The van der Waals surface area contributed by atoms with Crippen LogP contribution < -0.4 is 0 Å². The third-order valence-corrected chi connectivity index (χ3v) is 4.38. The number of hydrogen-bond acceptors (Lipinski definition) is 3. The van der Waals surface area contributed by atoms with Crippen LogP contribution in [0.25, 0.3) is 0 Å². The minimum atomic E-state index is -0.170. The topological polar surface area (TPSA) is 38.7 Å². The Balaban J connectivity index is 1.85. The molecule has 1 aliphatic heterocycles. The molecule has 0 radical (unpaired) electrons. The van der Waals surface area contributed by atoms with Crippen molar-refractivity contribution in [2.24, 2.45) is 11.3 Å². The van der Waals surface area contributed by atoms with E-state index in [4.69, 9.17) is 9.47 Å². The Morgan fingerprint density at radius 2 is 2.07 bits per heavy atom. The highest BCUT2D eigenvalue weighted by atomic mass is 16.6. The molecule has 0 aromatic rings. The molecular weight excluding hydrogens is 180 g/mol. The normalized spacial score (nSPS) is 57.0. The first-order valence-corrected chi connectivity index (χ1v) is 5.65. The van der Waals surface area contributed by atoms with Crippen molar-refractivity contribution in [3.05, 3.63) is 0 Å². The molecule has 0 unspecified atom stereocenters. The van der Waals surface area contributed by atoms with Gasteiger partial charge in [0.25, 0.3) is 0 Å². The van der Waals surface area contributed by atoms with Crippen molar-refractivity contribution in [1.82, 2.24) is 0 Å². The van der Waals surface area contributed by atoms with E-state index in [9.17, 15) is 5.11 Å². The number of ether oxygens (including phenoxy) is 2. The largest absolute Gasteiger partial charge is 0.393 e. The molecule has 2 aliphatic carbocycles. The average Bonchev–Trinajstić information content (AvgIpc) is 2.16. The summed E-state index contributed by atoms with van der Waals surface area (Å²) in [5.74, 6) is 0.321. The van der Waals surface area contributed by atoms with Crippen LogP contribution in [0, 0.1) is 11.3 Å². The van der Waals surface area contributed by atoms with Crippen LogP contribution in [-0.2, 0) is 9.47 Å². The van der Waals surface area contributed by atoms with Crippen LogP contribution in [0.5, 0.6) is 0 Å². The second kappa shape index (κ2) is 2.94. The van der Waals surface area contributed by atoms with Crippen LogP contribution in [0.2, 0.25) is 0 Å². The number of fused-ring (bicyclic) bond motifs is 4. The second-order valence-electron chi connectivity index (χ2n) is 5.12. The van der Waals surface area contributed by atoms with Gasteiger partial charge in [-0.2, -0.15) is 0 Å². The lowest BCUT2D eigenvalue weighted by molar-refractivity contribution is -0.315. The van der Waals surface area contributed by atoms with Gasteiger partial charge in [-0.15, -0.1) is 0 Å². The molecule has 14 heavy (non-hydrogen) atoms. The van der Waals surface area contributed by atoms with Gasteiger partial charge in [0.1, 0.15) is 0 Å². The molecule has 3 fully saturated rings. The zero-order valence-electron chi connectivity index (χ0n) is 8.61. The minimum Gasteiger partial charge on any atom is -0.393 e. The van der Waals surface area contributed by atoms with Crippen molar-refractivity contribution in [2.75, 3.05) is 13.2 Å². The first-order chi connectivity index (χ1) is 6.73. The highest BCUT2D eigenvalue weighted by Gasteiger charge is 2.64. The zero-order chi connectivity index (χ0) is 9.76. The summed E-state index contributed by atoms with van der Waals surface area (Å²) in [5, 5.41) is 9.97. The fourth-order valence-corrected chi connectivity index (χ4v) is 3.68. The van der Waals surface area contributed by atoms with Gasteiger partial charge in [-0.1, -0.05) is 13.3 Å². The Kier molecular flexibility index (Phi) is 1.92. The Hall–Kier alpha value is -0.120. The molecule has 1 N–H and O–H groups in total. The quantitative estimate of drug-likeness (QED) is 0.630. The summed E-state index contributed by atoms with van der Waals surface area (Å²) in [6, 6.07) is 0. The number of aliphatic hydroxyl groups is 1. The van der Waals surface area contributed by atoms with Gasteiger partial charge >= 0.3 is 0 Å². The third-order valence-electron chi connectivity index (χ3n) is 4.38. The zero-order valence-corrected chi connectivity index (χ0v) is 8.61. The van der Waals surface area contributed by atoms with Crippen molar-refractivity contribution < 1.29 is 14.6 Å². The molecule has 3 heteroatoms. The highest BCUT2D eigenvalue weighted by molar-refractivity contribution is 5.13. The summed E-state index contributed by atoms with van der Waals surface area (Å²) >= 11 is 0. The molecule has 0 aromatic heterocycles. The van der Waals surface area contributed by atoms with Crippen LogP contribution in [0.15, 0.2) is 0 Å². The predicted molar refractivity (Wildman–Crippen MR) is 50.9 cm³/mol. The van der Waals surface area contributed by atoms with Crippen molar-refractivity contribution in [1.29, 1.82) is 0 Å². The van der Waals surface area contributed by atoms with Crippen LogP contribution >= 0.6 is 0 Å². The van der Waals surface area contributed by atoms with Crippen LogP contribution in [-0.4, -0.2) is 36.6 Å². The molecule has 1 heterocycles. The van der Waals surface area contributed by atoms with E-state index in [2.05, 4.69) is 6.92 Å². The van der Waals surface area contributed by atoms with E-state index in [0.717, 1.165) is 19.4 Å². The molecule has 2 saturated carbocycles. The minimum absolute atomic E-state index is 0.170. The van der Waals surface area contributed by atoms with Crippen molar-refractivity contribution >= 4 is 0 Å². The molecule has 3 nitrogen and oxygen atoms in total. The maximum Gasteiger partial charge on any atom is 0.0902 e. The van der Waals surface area contributed by atoms with Gasteiger partial charge in [-0.3, -0.25) is 0 Å². The standard InChI is InChI=1S/C11H18O3/c1-11-4-2-3-7(12)8(11)9-10(11)14-6-5-13-9/h7-10,12H,2-6H2,1H3/t7-,8+,9+,10-,11+/m0/s1. The first kappa shape index (κ1) is 9.13. The third kappa shape index (κ3) is 0.980. The van der Waals surface area contributed by atoms with Crippen molar-refractivity contribution in [2.45, 2.75) is 44.5 Å². The van der Waals surface area contributed by atoms with Crippen LogP contribution in [0.4, 0.5) is 0 Å². The van der Waals surface area contributed by atoms with Gasteiger partial charge in [-0.25, -0.2) is 0 Å². The molecule has 0 amide bonds. The summed E-state index contributed by atoms with van der Waals surface area (Å²) in [7, 11) is 0. The van der Waals surface area contributed by atoms with Gasteiger partial charge < -0.3 is 14.6 Å². The Morgan fingerprint density at radius 3 is 2.93 bits per heavy atom. The van der Waals surface area contributed by atoms with Crippen molar-refractivity contribution in [3.8, 4) is 0 Å². The van der Waals surface area contributed by atoms with E-state index in [1.54, 1.807) is 0 Å². The average molecular weight is 198 g/mol. The summed E-state index contributed by atoms with van der Waals surface area (Å²) in [4.78, 5) is 0. The van der Waals surface area contributed by atoms with E-state index in [1.165, 1.54) is 6.42 Å². The molecule has 0 bridgehead atoms.